The van der Waals surface area contributed by atoms with Crippen molar-refractivity contribution in [1.82, 2.24) is 0 Å². The molecule has 2 heterocycles. The lowest BCUT2D eigenvalue weighted by atomic mass is 9.98. The molecule has 0 spiro atoms. The quantitative estimate of drug-likeness (QED) is 0.190. The summed E-state index contributed by atoms with van der Waals surface area (Å²) >= 11 is 0. The summed E-state index contributed by atoms with van der Waals surface area (Å²) in [6, 6.07) is 62.1. The SMILES string of the molecule is c1cc(-c2ccc3ccccc3c2)cc(N(c2ccccc2-c2ccc3c(c2)oc2ccccc23)c2cccc3c2oc2ccccc23)c1. The van der Waals surface area contributed by atoms with Crippen LogP contribution in [0.3, 0.4) is 0 Å². The first-order chi connectivity index (χ1) is 24.3. The molecule has 49 heavy (non-hydrogen) atoms. The number of fused-ring (bicyclic) bond motifs is 7. The first kappa shape index (κ1) is 27.5. The molecule has 0 amide bonds. The van der Waals surface area contributed by atoms with Crippen molar-refractivity contribution in [2.24, 2.45) is 0 Å². The fourth-order valence-electron chi connectivity index (χ4n) is 7.32. The Hall–Kier alpha value is -6.58. The third-order valence-corrected chi connectivity index (χ3v) is 9.65. The second-order valence-corrected chi connectivity index (χ2v) is 12.5. The van der Waals surface area contributed by atoms with Crippen molar-refractivity contribution >= 4 is 71.7 Å². The molecular weight excluding hydrogens is 599 g/mol. The average molecular weight is 628 g/mol. The Morgan fingerprint density at radius 3 is 1.88 bits per heavy atom. The van der Waals surface area contributed by atoms with Gasteiger partial charge >= 0.3 is 0 Å². The largest absolute Gasteiger partial charge is 0.456 e. The number of anilines is 3. The Morgan fingerprint density at radius 2 is 0.980 bits per heavy atom. The van der Waals surface area contributed by atoms with Crippen molar-refractivity contribution < 1.29 is 8.83 Å². The molecule has 0 N–H and O–H groups in total. The highest BCUT2D eigenvalue weighted by Gasteiger charge is 2.22. The molecule has 230 valence electrons. The summed E-state index contributed by atoms with van der Waals surface area (Å²) in [6.45, 7) is 0. The van der Waals surface area contributed by atoms with Gasteiger partial charge in [-0.25, -0.2) is 0 Å². The molecular formula is C46H29NO2. The number of hydrogen-bond donors (Lipinski definition) is 0. The van der Waals surface area contributed by atoms with E-state index in [4.69, 9.17) is 8.83 Å². The van der Waals surface area contributed by atoms with E-state index in [1.165, 1.54) is 16.3 Å². The van der Waals surface area contributed by atoms with E-state index in [1.54, 1.807) is 0 Å². The smallest absolute Gasteiger partial charge is 0.159 e. The molecule has 0 unspecified atom stereocenters. The molecule has 0 aliphatic rings. The van der Waals surface area contributed by atoms with Crippen LogP contribution in [-0.4, -0.2) is 0 Å². The molecule has 0 atom stereocenters. The van der Waals surface area contributed by atoms with Crippen LogP contribution in [0.4, 0.5) is 17.1 Å². The highest BCUT2D eigenvalue weighted by atomic mass is 16.3. The van der Waals surface area contributed by atoms with E-state index < -0.39 is 0 Å². The Morgan fingerprint density at radius 1 is 0.347 bits per heavy atom. The van der Waals surface area contributed by atoms with Crippen molar-refractivity contribution in [2.75, 3.05) is 4.90 Å². The van der Waals surface area contributed by atoms with Gasteiger partial charge in [0.1, 0.15) is 16.7 Å². The summed E-state index contributed by atoms with van der Waals surface area (Å²) in [7, 11) is 0. The van der Waals surface area contributed by atoms with Crippen LogP contribution in [-0.2, 0) is 0 Å². The fourth-order valence-corrected chi connectivity index (χ4v) is 7.32. The summed E-state index contributed by atoms with van der Waals surface area (Å²) < 4.78 is 13.0. The number of hydrogen-bond acceptors (Lipinski definition) is 3. The predicted molar refractivity (Wildman–Crippen MR) is 204 cm³/mol. The van der Waals surface area contributed by atoms with Crippen molar-refractivity contribution in [2.45, 2.75) is 0 Å². The molecule has 3 nitrogen and oxygen atoms in total. The highest BCUT2D eigenvalue weighted by molar-refractivity contribution is 6.11. The summed E-state index contributed by atoms with van der Waals surface area (Å²) in [6.07, 6.45) is 0. The van der Waals surface area contributed by atoms with Crippen LogP contribution in [0.15, 0.2) is 185 Å². The van der Waals surface area contributed by atoms with Gasteiger partial charge in [-0.05, 0) is 82.1 Å². The van der Waals surface area contributed by atoms with E-state index in [9.17, 15) is 0 Å². The lowest BCUT2D eigenvalue weighted by Gasteiger charge is -2.28. The topological polar surface area (TPSA) is 29.5 Å². The summed E-state index contributed by atoms with van der Waals surface area (Å²) in [4.78, 5) is 2.34. The number of benzene rings is 8. The molecule has 0 aliphatic carbocycles. The molecule has 0 bridgehead atoms. The maximum Gasteiger partial charge on any atom is 0.159 e. The zero-order chi connectivity index (χ0) is 32.3. The highest BCUT2D eigenvalue weighted by Crippen LogP contribution is 2.46. The summed E-state index contributed by atoms with van der Waals surface area (Å²) in [5, 5.41) is 6.89. The van der Waals surface area contributed by atoms with Crippen LogP contribution in [0.25, 0.3) is 76.9 Å². The number of para-hydroxylation sites is 4. The lowest BCUT2D eigenvalue weighted by Crippen LogP contribution is -2.11. The molecule has 8 aromatic carbocycles. The molecule has 3 heteroatoms. The van der Waals surface area contributed by atoms with Gasteiger partial charge in [-0.2, -0.15) is 0 Å². The molecule has 10 aromatic rings. The van der Waals surface area contributed by atoms with Gasteiger partial charge in [0.25, 0.3) is 0 Å². The third-order valence-electron chi connectivity index (χ3n) is 9.65. The molecule has 0 radical (unpaired) electrons. The van der Waals surface area contributed by atoms with Crippen molar-refractivity contribution in [1.29, 1.82) is 0 Å². The fraction of sp³-hybridized carbons (Fsp3) is 0. The van der Waals surface area contributed by atoms with Gasteiger partial charge < -0.3 is 13.7 Å². The Bertz CT molecular complexity index is 2860. The van der Waals surface area contributed by atoms with Gasteiger partial charge in [0.15, 0.2) is 5.58 Å². The molecule has 0 fully saturated rings. The van der Waals surface area contributed by atoms with Crippen LogP contribution < -0.4 is 4.90 Å². The standard InChI is InChI=1S/C46H29NO2/c1-2-12-31-27-33(24-23-30(31)11-1)32-13-9-14-35(28-32)47(42-20-10-18-40-38-17-5-8-22-44(38)49-46(40)42)41-19-6-3-15-36(41)34-25-26-39-37-16-4-7-21-43(37)48-45(39)29-34/h1-29H. The monoisotopic (exact) mass is 627 g/mol. The molecule has 10 rings (SSSR count). The minimum atomic E-state index is 0.849. The van der Waals surface area contributed by atoms with Crippen LogP contribution in [0.5, 0.6) is 0 Å². The lowest BCUT2D eigenvalue weighted by molar-refractivity contribution is 0.668. The van der Waals surface area contributed by atoms with E-state index in [-0.39, 0.29) is 0 Å². The van der Waals surface area contributed by atoms with Crippen LogP contribution in [0, 0.1) is 0 Å². The van der Waals surface area contributed by atoms with Gasteiger partial charge in [0.05, 0.1) is 11.4 Å². The molecule has 0 saturated carbocycles. The van der Waals surface area contributed by atoms with E-state index in [2.05, 4.69) is 157 Å². The van der Waals surface area contributed by atoms with Gasteiger partial charge in [-0.3, -0.25) is 0 Å². The van der Waals surface area contributed by atoms with Gasteiger partial charge in [-0.1, -0.05) is 121 Å². The Balaban J connectivity index is 1.21. The second-order valence-electron chi connectivity index (χ2n) is 12.5. The summed E-state index contributed by atoms with van der Waals surface area (Å²) in [5.41, 5.74) is 11.0. The first-order valence-corrected chi connectivity index (χ1v) is 16.6. The zero-order valence-corrected chi connectivity index (χ0v) is 26.5. The molecule has 0 aliphatic heterocycles. The predicted octanol–water partition coefficient (Wildman–Crippen LogP) is 13.4. The average Bonchev–Trinajstić information content (AvgIpc) is 3.74. The van der Waals surface area contributed by atoms with Gasteiger partial charge in [0.2, 0.25) is 0 Å². The minimum Gasteiger partial charge on any atom is -0.456 e. The minimum absolute atomic E-state index is 0.849. The third kappa shape index (κ3) is 4.51. The van der Waals surface area contributed by atoms with E-state index in [0.29, 0.717) is 0 Å². The van der Waals surface area contributed by atoms with E-state index in [0.717, 1.165) is 77.6 Å². The van der Waals surface area contributed by atoms with Gasteiger partial charge in [0, 0.05) is 32.8 Å². The zero-order valence-electron chi connectivity index (χ0n) is 26.5. The normalized spacial score (nSPS) is 11.7. The van der Waals surface area contributed by atoms with Crippen molar-refractivity contribution in [3.8, 4) is 22.3 Å². The Kier molecular flexibility index (Phi) is 6.18. The van der Waals surface area contributed by atoms with Crippen molar-refractivity contribution in [3.05, 3.63) is 176 Å². The maximum atomic E-state index is 6.65. The second kappa shape index (κ2) is 11.0. The molecule has 2 aromatic heterocycles. The van der Waals surface area contributed by atoms with Crippen LogP contribution >= 0.6 is 0 Å². The summed E-state index contributed by atoms with van der Waals surface area (Å²) in [5.74, 6) is 0. The van der Waals surface area contributed by atoms with Gasteiger partial charge in [-0.15, -0.1) is 0 Å². The van der Waals surface area contributed by atoms with E-state index >= 15 is 0 Å². The number of furan rings is 2. The number of nitrogens with zero attached hydrogens (tertiary/aromatic N) is 1. The Labute approximate surface area is 282 Å². The van der Waals surface area contributed by atoms with Crippen molar-refractivity contribution in [3.63, 3.8) is 0 Å². The van der Waals surface area contributed by atoms with Crippen LogP contribution in [0.2, 0.25) is 0 Å². The van der Waals surface area contributed by atoms with Crippen LogP contribution in [0.1, 0.15) is 0 Å². The van der Waals surface area contributed by atoms with E-state index in [1.807, 2.05) is 24.3 Å². The maximum absolute atomic E-state index is 6.65. The molecule has 0 saturated heterocycles. The first-order valence-electron chi connectivity index (χ1n) is 16.6. The number of rotatable bonds is 5.